The summed E-state index contributed by atoms with van der Waals surface area (Å²) in [4.78, 5) is 13.2. The van der Waals surface area contributed by atoms with Gasteiger partial charge in [0.15, 0.2) is 12.6 Å². The molecular formula is C50H95NO13. The Kier molecular flexibility index (Phi) is 34.7. The van der Waals surface area contributed by atoms with Gasteiger partial charge in [0.1, 0.15) is 48.8 Å². The van der Waals surface area contributed by atoms with Gasteiger partial charge in [0, 0.05) is 6.42 Å². The zero-order valence-corrected chi connectivity index (χ0v) is 40.0. The average molecular weight is 918 g/mol. The van der Waals surface area contributed by atoms with Crippen LogP contribution in [-0.2, 0) is 23.7 Å². The van der Waals surface area contributed by atoms with Crippen LogP contribution in [0.15, 0.2) is 12.2 Å². The Morgan fingerprint density at radius 1 is 0.547 bits per heavy atom. The molecule has 0 saturated carbocycles. The van der Waals surface area contributed by atoms with Crippen molar-refractivity contribution in [3.63, 3.8) is 0 Å². The standard InChI is InChI=1S/C50H95NO13/c1-3-5-7-9-11-13-14-15-16-17-18-19-20-21-22-23-24-26-28-30-32-34-42(55)51-38(39(54)33-31-29-27-25-12-10-8-6-4-2)37-61-49-47(60)45(58)48(41(36-53)63-49)64-50-46(59)44(57)43(56)40(35-52)62-50/h17-18,38-41,43-50,52-54,56-60H,3-16,19-37H2,1-2H3,(H,51,55)/b18-17-. The molecule has 2 rings (SSSR count). The van der Waals surface area contributed by atoms with Gasteiger partial charge in [-0.15, -0.1) is 0 Å². The highest BCUT2D eigenvalue weighted by molar-refractivity contribution is 5.76. The van der Waals surface area contributed by atoms with Crippen LogP contribution in [-0.4, -0.2) is 140 Å². The number of hydrogen-bond donors (Lipinski definition) is 9. The van der Waals surface area contributed by atoms with Crippen LogP contribution in [0.1, 0.15) is 206 Å². The highest BCUT2D eigenvalue weighted by Crippen LogP contribution is 2.30. The molecule has 12 atom stereocenters. The fraction of sp³-hybridized carbons (Fsp3) is 0.940. The highest BCUT2D eigenvalue weighted by atomic mass is 16.7. The number of ether oxygens (including phenoxy) is 4. The van der Waals surface area contributed by atoms with Crippen LogP contribution in [0.5, 0.6) is 0 Å². The lowest BCUT2D eigenvalue weighted by Crippen LogP contribution is -2.65. The van der Waals surface area contributed by atoms with Crippen molar-refractivity contribution in [3.05, 3.63) is 12.2 Å². The van der Waals surface area contributed by atoms with Crippen LogP contribution < -0.4 is 5.32 Å². The van der Waals surface area contributed by atoms with Crippen molar-refractivity contribution in [3.8, 4) is 0 Å². The van der Waals surface area contributed by atoms with Crippen LogP contribution in [0.25, 0.3) is 0 Å². The minimum absolute atomic E-state index is 0.210. The molecule has 0 aromatic carbocycles. The first-order chi connectivity index (χ1) is 31.1. The number of carbonyl (C=O) groups is 1. The zero-order chi connectivity index (χ0) is 46.8. The van der Waals surface area contributed by atoms with Crippen molar-refractivity contribution < 1.29 is 64.6 Å². The summed E-state index contributed by atoms with van der Waals surface area (Å²) in [6.45, 7) is 2.82. The molecule has 0 aromatic rings. The molecule has 0 aliphatic carbocycles. The molecule has 0 spiro atoms. The molecule has 0 bridgehead atoms. The summed E-state index contributed by atoms with van der Waals surface area (Å²) in [6, 6.07) is -0.824. The molecule has 14 nitrogen and oxygen atoms in total. The number of amides is 1. The molecule has 64 heavy (non-hydrogen) atoms. The predicted molar refractivity (Wildman–Crippen MR) is 249 cm³/mol. The number of carbonyl (C=O) groups excluding carboxylic acids is 1. The van der Waals surface area contributed by atoms with Crippen molar-refractivity contribution in [2.45, 2.75) is 280 Å². The lowest BCUT2D eigenvalue weighted by atomic mass is 9.97. The molecule has 2 saturated heterocycles. The van der Waals surface area contributed by atoms with Crippen LogP contribution in [0.2, 0.25) is 0 Å². The molecule has 0 aromatic heterocycles. The molecule has 2 aliphatic heterocycles. The lowest BCUT2D eigenvalue weighted by molar-refractivity contribution is -0.359. The Hall–Kier alpha value is -1.27. The molecule has 2 aliphatic rings. The van der Waals surface area contributed by atoms with E-state index in [1.54, 1.807) is 0 Å². The average Bonchev–Trinajstić information content (AvgIpc) is 3.29. The Morgan fingerprint density at radius 3 is 1.48 bits per heavy atom. The molecule has 12 unspecified atom stereocenters. The van der Waals surface area contributed by atoms with Crippen LogP contribution in [0.3, 0.4) is 0 Å². The quantitative estimate of drug-likeness (QED) is 0.0229. The van der Waals surface area contributed by atoms with Gasteiger partial charge in [-0.3, -0.25) is 4.79 Å². The van der Waals surface area contributed by atoms with E-state index in [4.69, 9.17) is 18.9 Å². The highest BCUT2D eigenvalue weighted by Gasteiger charge is 2.51. The number of aliphatic hydroxyl groups is 8. The molecule has 2 heterocycles. The Labute approximate surface area is 386 Å². The lowest BCUT2D eigenvalue weighted by Gasteiger charge is -2.46. The Morgan fingerprint density at radius 2 is 0.984 bits per heavy atom. The van der Waals surface area contributed by atoms with Crippen molar-refractivity contribution in [1.82, 2.24) is 5.32 Å². The fourth-order valence-corrected chi connectivity index (χ4v) is 8.70. The van der Waals surface area contributed by atoms with Gasteiger partial charge in [-0.1, -0.05) is 174 Å². The van der Waals surface area contributed by atoms with E-state index >= 15 is 0 Å². The molecule has 378 valence electrons. The maximum absolute atomic E-state index is 13.2. The van der Waals surface area contributed by atoms with Gasteiger partial charge in [-0.2, -0.15) is 0 Å². The molecule has 9 N–H and O–H groups in total. The van der Waals surface area contributed by atoms with Gasteiger partial charge in [-0.05, 0) is 38.5 Å². The zero-order valence-electron chi connectivity index (χ0n) is 40.0. The summed E-state index contributed by atoms with van der Waals surface area (Å²) in [5.74, 6) is -0.210. The van der Waals surface area contributed by atoms with E-state index in [0.29, 0.717) is 12.8 Å². The van der Waals surface area contributed by atoms with E-state index in [1.807, 2.05) is 0 Å². The number of unbranched alkanes of at least 4 members (excludes halogenated alkanes) is 25. The van der Waals surface area contributed by atoms with Crippen molar-refractivity contribution >= 4 is 5.91 Å². The molecule has 2 fully saturated rings. The second-order valence-corrected chi connectivity index (χ2v) is 18.7. The van der Waals surface area contributed by atoms with E-state index in [1.165, 1.54) is 128 Å². The molecule has 1 amide bonds. The topological polar surface area (TPSA) is 228 Å². The minimum Gasteiger partial charge on any atom is -0.394 e. The fourth-order valence-electron chi connectivity index (χ4n) is 8.70. The maximum atomic E-state index is 13.2. The summed E-state index contributed by atoms with van der Waals surface area (Å²) >= 11 is 0. The Bertz CT molecular complexity index is 1130. The summed E-state index contributed by atoms with van der Waals surface area (Å²) in [6.07, 6.45) is 22.3. The van der Waals surface area contributed by atoms with Crippen LogP contribution in [0, 0.1) is 0 Å². The van der Waals surface area contributed by atoms with E-state index in [2.05, 4.69) is 31.3 Å². The van der Waals surface area contributed by atoms with E-state index in [-0.39, 0.29) is 12.5 Å². The van der Waals surface area contributed by atoms with Crippen LogP contribution >= 0.6 is 0 Å². The summed E-state index contributed by atoms with van der Waals surface area (Å²) < 4.78 is 22.7. The second kappa shape index (κ2) is 37.7. The third kappa shape index (κ3) is 24.7. The summed E-state index contributed by atoms with van der Waals surface area (Å²) in [5.41, 5.74) is 0. The molecule has 0 radical (unpaired) electrons. The smallest absolute Gasteiger partial charge is 0.220 e. The van der Waals surface area contributed by atoms with Gasteiger partial charge in [0.2, 0.25) is 5.91 Å². The van der Waals surface area contributed by atoms with Crippen molar-refractivity contribution in [2.24, 2.45) is 0 Å². The first-order valence-electron chi connectivity index (χ1n) is 25.9. The van der Waals surface area contributed by atoms with Gasteiger partial charge in [-0.25, -0.2) is 0 Å². The van der Waals surface area contributed by atoms with Crippen molar-refractivity contribution in [1.29, 1.82) is 0 Å². The molecular weight excluding hydrogens is 823 g/mol. The number of rotatable bonds is 40. The third-order valence-corrected chi connectivity index (χ3v) is 13.0. The first-order valence-corrected chi connectivity index (χ1v) is 25.9. The predicted octanol–water partition coefficient (Wildman–Crippen LogP) is 6.77. The van der Waals surface area contributed by atoms with E-state index in [0.717, 1.165) is 51.4 Å². The van der Waals surface area contributed by atoms with Gasteiger partial charge >= 0.3 is 0 Å². The monoisotopic (exact) mass is 918 g/mol. The van der Waals surface area contributed by atoms with Gasteiger partial charge in [0.25, 0.3) is 0 Å². The number of nitrogens with one attached hydrogen (secondary N) is 1. The van der Waals surface area contributed by atoms with Crippen LogP contribution in [0.4, 0.5) is 0 Å². The number of allylic oxidation sites excluding steroid dienone is 2. The third-order valence-electron chi connectivity index (χ3n) is 13.0. The number of aliphatic hydroxyl groups excluding tert-OH is 8. The summed E-state index contributed by atoms with van der Waals surface area (Å²) in [5, 5.41) is 86.7. The van der Waals surface area contributed by atoms with Gasteiger partial charge in [0.05, 0.1) is 32.0 Å². The van der Waals surface area contributed by atoms with E-state index in [9.17, 15) is 45.6 Å². The second-order valence-electron chi connectivity index (χ2n) is 18.7. The van der Waals surface area contributed by atoms with E-state index < -0.39 is 86.8 Å². The van der Waals surface area contributed by atoms with Gasteiger partial charge < -0.3 is 65.1 Å². The minimum atomic E-state index is -1.78. The summed E-state index contributed by atoms with van der Waals surface area (Å²) in [7, 11) is 0. The van der Waals surface area contributed by atoms with Crippen molar-refractivity contribution in [2.75, 3.05) is 19.8 Å². The largest absolute Gasteiger partial charge is 0.394 e. The maximum Gasteiger partial charge on any atom is 0.220 e. The first kappa shape index (κ1) is 58.9. The SMILES string of the molecule is CCCCCCCCCC/C=C\CCCCCCCCCCCC(=O)NC(COC1OC(CO)C(OC2OC(CO)C(O)C(O)C2O)C(O)C1O)C(O)CCCCCCCCCCC. The number of hydrogen-bond acceptors (Lipinski definition) is 13. The molecule has 14 heteroatoms. The Balaban J connectivity index is 1.76. The normalized spacial score (nSPS) is 27.3.